The summed E-state index contributed by atoms with van der Waals surface area (Å²) in [4.78, 5) is 0. The minimum Gasteiger partial charge on any atom is -0.368 e. The van der Waals surface area contributed by atoms with Crippen LogP contribution >= 0.6 is 0 Å². The van der Waals surface area contributed by atoms with E-state index in [1.54, 1.807) is 0 Å². The van der Waals surface area contributed by atoms with Gasteiger partial charge in [0, 0.05) is 5.92 Å². The highest BCUT2D eigenvalue weighted by Crippen LogP contribution is 2.43. The molecule has 0 amide bonds. The number of benzene rings is 1. The quantitative estimate of drug-likeness (QED) is 0.662. The van der Waals surface area contributed by atoms with E-state index >= 15 is 0 Å². The molecular formula is C16H20O. The number of hydrogen-bond donors (Lipinski definition) is 0. The fraction of sp³-hybridized carbons (Fsp3) is 0.500. The molecular weight excluding hydrogens is 208 g/mol. The minimum atomic E-state index is 0.0608. The predicted octanol–water partition coefficient (Wildman–Crippen LogP) is 3.91. The van der Waals surface area contributed by atoms with Crippen molar-refractivity contribution in [3.8, 4) is 0 Å². The first-order chi connectivity index (χ1) is 8.14. The Morgan fingerprint density at radius 2 is 1.88 bits per heavy atom. The lowest BCUT2D eigenvalue weighted by atomic mass is 9.79. The summed E-state index contributed by atoms with van der Waals surface area (Å²) in [5, 5.41) is 0. The van der Waals surface area contributed by atoms with E-state index in [9.17, 15) is 0 Å². The molecule has 90 valence electrons. The van der Waals surface area contributed by atoms with Gasteiger partial charge in [-0.15, -0.1) is 0 Å². The van der Waals surface area contributed by atoms with Crippen LogP contribution in [-0.2, 0) is 4.74 Å². The van der Waals surface area contributed by atoms with Crippen molar-refractivity contribution in [2.75, 3.05) is 0 Å². The average molecular weight is 228 g/mol. The SMILES string of the molecule is CC1(C)C[C@@H]2C[C@H](c3ccccc3)C=C[C@@H]2O1. The van der Waals surface area contributed by atoms with Crippen molar-refractivity contribution in [1.82, 2.24) is 0 Å². The highest BCUT2D eigenvalue weighted by Gasteiger charge is 2.41. The molecule has 1 saturated heterocycles. The third kappa shape index (κ3) is 2.16. The lowest BCUT2D eigenvalue weighted by Crippen LogP contribution is -2.21. The Kier molecular flexibility index (Phi) is 2.59. The molecule has 1 aliphatic carbocycles. The molecule has 0 bridgehead atoms. The zero-order valence-corrected chi connectivity index (χ0v) is 10.6. The molecule has 2 aliphatic rings. The number of rotatable bonds is 1. The van der Waals surface area contributed by atoms with E-state index in [0.29, 0.717) is 17.9 Å². The smallest absolute Gasteiger partial charge is 0.0792 e. The second-order valence-corrected chi connectivity index (χ2v) is 5.94. The molecule has 0 aromatic heterocycles. The van der Waals surface area contributed by atoms with Gasteiger partial charge in [-0.3, -0.25) is 0 Å². The Balaban J connectivity index is 1.79. The molecule has 0 radical (unpaired) electrons. The summed E-state index contributed by atoms with van der Waals surface area (Å²) in [5.41, 5.74) is 1.50. The third-order valence-corrected chi connectivity index (χ3v) is 3.99. The molecule has 1 fully saturated rings. The fourth-order valence-electron chi connectivity index (χ4n) is 3.27. The van der Waals surface area contributed by atoms with Crippen molar-refractivity contribution in [2.45, 2.75) is 44.3 Å². The van der Waals surface area contributed by atoms with Gasteiger partial charge in [0.1, 0.15) is 0 Å². The lowest BCUT2D eigenvalue weighted by molar-refractivity contribution is -0.000611. The maximum absolute atomic E-state index is 6.05. The van der Waals surface area contributed by atoms with Gasteiger partial charge in [0.05, 0.1) is 11.7 Å². The van der Waals surface area contributed by atoms with Gasteiger partial charge in [0.15, 0.2) is 0 Å². The van der Waals surface area contributed by atoms with Gasteiger partial charge in [-0.1, -0.05) is 42.5 Å². The minimum absolute atomic E-state index is 0.0608. The van der Waals surface area contributed by atoms with E-state index < -0.39 is 0 Å². The van der Waals surface area contributed by atoms with E-state index in [2.05, 4.69) is 56.3 Å². The van der Waals surface area contributed by atoms with Crippen molar-refractivity contribution < 1.29 is 4.74 Å². The molecule has 3 atom stereocenters. The zero-order valence-electron chi connectivity index (χ0n) is 10.6. The summed E-state index contributed by atoms with van der Waals surface area (Å²) in [6.07, 6.45) is 7.38. The lowest BCUT2D eigenvalue weighted by Gasteiger charge is -2.25. The van der Waals surface area contributed by atoms with Crippen molar-refractivity contribution in [2.24, 2.45) is 5.92 Å². The molecule has 0 unspecified atom stereocenters. The topological polar surface area (TPSA) is 9.23 Å². The Bertz CT molecular complexity index is 418. The largest absolute Gasteiger partial charge is 0.368 e. The third-order valence-electron chi connectivity index (χ3n) is 3.99. The molecule has 1 aromatic rings. The van der Waals surface area contributed by atoms with Crippen LogP contribution in [0.25, 0.3) is 0 Å². The van der Waals surface area contributed by atoms with Crippen LogP contribution in [0.3, 0.4) is 0 Å². The van der Waals surface area contributed by atoms with Crippen LogP contribution in [0.4, 0.5) is 0 Å². The number of ether oxygens (including phenoxy) is 1. The van der Waals surface area contributed by atoms with Gasteiger partial charge in [0.25, 0.3) is 0 Å². The van der Waals surface area contributed by atoms with Crippen LogP contribution in [0.1, 0.15) is 38.2 Å². The second kappa shape index (κ2) is 3.99. The maximum atomic E-state index is 6.05. The molecule has 0 spiro atoms. The van der Waals surface area contributed by atoms with Crippen LogP contribution < -0.4 is 0 Å². The summed E-state index contributed by atoms with van der Waals surface area (Å²) in [6, 6.07) is 10.8. The standard InChI is InChI=1S/C16H20O/c1-16(2)11-14-10-13(8-9-15(14)17-16)12-6-4-3-5-7-12/h3-9,13-15H,10-11H2,1-2H3/t13-,14+,15+/m1/s1. The molecule has 1 aliphatic heterocycles. The average Bonchev–Trinajstić information content (AvgIpc) is 2.63. The Morgan fingerprint density at radius 1 is 1.12 bits per heavy atom. The molecule has 1 nitrogen and oxygen atoms in total. The van der Waals surface area contributed by atoms with E-state index in [4.69, 9.17) is 4.74 Å². The van der Waals surface area contributed by atoms with Gasteiger partial charge in [-0.25, -0.2) is 0 Å². The molecule has 1 heteroatoms. The predicted molar refractivity (Wildman–Crippen MR) is 70.0 cm³/mol. The summed E-state index contributed by atoms with van der Waals surface area (Å²) in [5.74, 6) is 1.27. The summed E-state index contributed by atoms with van der Waals surface area (Å²) in [7, 11) is 0. The first-order valence-corrected chi connectivity index (χ1v) is 6.55. The monoisotopic (exact) mass is 228 g/mol. The van der Waals surface area contributed by atoms with Crippen LogP contribution in [0.5, 0.6) is 0 Å². The molecule has 0 N–H and O–H groups in total. The van der Waals surface area contributed by atoms with Gasteiger partial charge >= 0.3 is 0 Å². The summed E-state index contributed by atoms with van der Waals surface area (Å²) in [6.45, 7) is 4.41. The van der Waals surface area contributed by atoms with Crippen LogP contribution in [0.15, 0.2) is 42.5 Å². The van der Waals surface area contributed by atoms with Gasteiger partial charge in [0.2, 0.25) is 0 Å². The Morgan fingerprint density at radius 3 is 2.65 bits per heavy atom. The zero-order chi connectivity index (χ0) is 11.9. The van der Waals surface area contributed by atoms with Crippen molar-refractivity contribution in [1.29, 1.82) is 0 Å². The van der Waals surface area contributed by atoms with Crippen LogP contribution in [0, 0.1) is 5.92 Å². The van der Waals surface area contributed by atoms with Crippen LogP contribution in [0.2, 0.25) is 0 Å². The first-order valence-electron chi connectivity index (χ1n) is 6.55. The van der Waals surface area contributed by atoms with Crippen molar-refractivity contribution in [3.05, 3.63) is 48.0 Å². The summed E-state index contributed by atoms with van der Waals surface area (Å²) >= 11 is 0. The molecule has 0 saturated carbocycles. The normalized spacial score (nSPS) is 34.6. The van der Waals surface area contributed by atoms with Gasteiger partial charge in [-0.2, -0.15) is 0 Å². The molecule has 1 heterocycles. The van der Waals surface area contributed by atoms with Gasteiger partial charge in [-0.05, 0) is 38.2 Å². The Labute approximate surface area is 103 Å². The first kappa shape index (κ1) is 11.0. The van der Waals surface area contributed by atoms with E-state index in [1.807, 2.05) is 0 Å². The maximum Gasteiger partial charge on any atom is 0.0792 e. The fourth-order valence-corrected chi connectivity index (χ4v) is 3.27. The highest BCUT2D eigenvalue weighted by atomic mass is 16.5. The molecule has 1 aromatic carbocycles. The highest BCUT2D eigenvalue weighted by molar-refractivity contribution is 5.26. The van der Waals surface area contributed by atoms with Gasteiger partial charge < -0.3 is 4.74 Å². The van der Waals surface area contributed by atoms with E-state index in [0.717, 1.165) is 0 Å². The number of hydrogen-bond acceptors (Lipinski definition) is 1. The second-order valence-electron chi connectivity index (χ2n) is 5.94. The van der Waals surface area contributed by atoms with E-state index in [-0.39, 0.29) is 5.60 Å². The Hall–Kier alpha value is -1.08. The number of allylic oxidation sites excluding steroid dienone is 1. The molecule has 3 rings (SSSR count). The summed E-state index contributed by atoms with van der Waals surface area (Å²) < 4.78 is 6.05. The van der Waals surface area contributed by atoms with Crippen molar-refractivity contribution >= 4 is 0 Å². The number of fused-ring (bicyclic) bond motifs is 1. The van der Waals surface area contributed by atoms with E-state index in [1.165, 1.54) is 18.4 Å². The molecule has 17 heavy (non-hydrogen) atoms. The van der Waals surface area contributed by atoms with Crippen LogP contribution in [-0.4, -0.2) is 11.7 Å². The van der Waals surface area contributed by atoms with Crippen molar-refractivity contribution in [3.63, 3.8) is 0 Å².